The number of ether oxygens (including phenoxy) is 4. The Bertz CT molecular complexity index is 1250. The zero-order valence-electron chi connectivity index (χ0n) is 25.7. The molecule has 0 unspecified atom stereocenters. The van der Waals surface area contributed by atoms with Crippen molar-refractivity contribution in [3.8, 4) is 17.2 Å². The van der Waals surface area contributed by atoms with E-state index in [1.807, 2.05) is 63.2 Å². The summed E-state index contributed by atoms with van der Waals surface area (Å²) >= 11 is 0. The number of carbonyl (C=O) groups is 2. The Labute approximate surface area is 249 Å². The van der Waals surface area contributed by atoms with Crippen LogP contribution in [0.2, 0.25) is 0 Å². The van der Waals surface area contributed by atoms with E-state index >= 15 is 0 Å². The van der Waals surface area contributed by atoms with Crippen molar-refractivity contribution < 1.29 is 28.5 Å². The number of carbonyl (C=O) groups excluding carboxylic acids is 2. The normalized spacial score (nSPS) is 17.5. The standard InChI is InChI=1S/C32H44N4O6/c1-32(2,3)21-30(37)35(14-13-34-15-17-42-18-16-34)22-31(38)36-28(26-19-25(40-5)11-12-29(26)41-6)20-27(33-36)23-7-9-24(39-4)10-8-23/h7-12,19,28H,13-18,20-22H2,1-6H3/t28-/m0/s1. The molecule has 2 aliphatic rings. The minimum atomic E-state index is -0.432. The van der Waals surface area contributed by atoms with Gasteiger partial charge >= 0.3 is 0 Å². The van der Waals surface area contributed by atoms with E-state index in [1.165, 1.54) is 5.01 Å². The molecule has 1 saturated heterocycles. The minimum absolute atomic E-state index is 0.0434. The molecule has 0 aromatic heterocycles. The van der Waals surface area contributed by atoms with Crippen LogP contribution in [0, 0.1) is 5.41 Å². The van der Waals surface area contributed by atoms with Crippen LogP contribution in [0.15, 0.2) is 47.6 Å². The molecule has 0 bridgehead atoms. The summed E-state index contributed by atoms with van der Waals surface area (Å²) in [4.78, 5) is 31.5. The van der Waals surface area contributed by atoms with E-state index in [2.05, 4.69) is 4.90 Å². The van der Waals surface area contributed by atoms with Crippen molar-refractivity contribution in [2.75, 3.05) is 67.3 Å². The Balaban J connectivity index is 1.64. The summed E-state index contributed by atoms with van der Waals surface area (Å²) in [6, 6.07) is 12.7. The van der Waals surface area contributed by atoms with Crippen molar-refractivity contribution in [3.63, 3.8) is 0 Å². The average Bonchev–Trinajstić information content (AvgIpc) is 3.44. The first kappa shape index (κ1) is 31.3. The molecule has 0 saturated carbocycles. The van der Waals surface area contributed by atoms with Gasteiger partial charge in [-0.3, -0.25) is 14.5 Å². The topological polar surface area (TPSA) is 93.1 Å². The summed E-state index contributed by atoms with van der Waals surface area (Å²) in [6.07, 6.45) is 0.822. The third kappa shape index (κ3) is 8.01. The number of hydrogen-bond donors (Lipinski definition) is 0. The highest BCUT2D eigenvalue weighted by molar-refractivity contribution is 6.03. The predicted molar refractivity (Wildman–Crippen MR) is 161 cm³/mol. The molecular weight excluding hydrogens is 536 g/mol. The van der Waals surface area contributed by atoms with Crippen molar-refractivity contribution in [1.29, 1.82) is 0 Å². The van der Waals surface area contributed by atoms with E-state index in [9.17, 15) is 9.59 Å². The molecule has 2 amide bonds. The quantitative estimate of drug-likeness (QED) is 0.397. The third-order valence-corrected chi connectivity index (χ3v) is 7.54. The van der Waals surface area contributed by atoms with Crippen LogP contribution in [0.4, 0.5) is 0 Å². The van der Waals surface area contributed by atoms with Crippen LogP contribution >= 0.6 is 0 Å². The fourth-order valence-corrected chi connectivity index (χ4v) is 5.22. The molecule has 2 heterocycles. The van der Waals surface area contributed by atoms with Crippen LogP contribution in [0.25, 0.3) is 0 Å². The SMILES string of the molecule is COc1ccc(C2=NN(C(=O)CN(CCN3CCOCC3)C(=O)CC(C)(C)C)[C@H](c3cc(OC)ccc3OC)C2)cc1. The number of hydrazone groups is 1. The Morgan fingerprint density at radius 2 is 1.64 bits per heavy atom. The molecule has 10 heteroatoms. The van der Waals surface area contributed by atoms with E-state index in [0.29, 0.717) is 50.6 Å². The molecule has 0 spiro atoms. The van der Waals surface area contributed by atoms with Crippen molar-refractivity contribution in [2.24, 2.45) is 10.5 Å². The Morgan fingerprint density at radius 3 is 2.26 bits per heavy atom. The lowest BCUT2D eigenvalue weighted by Gasteiger charge is -2.32. The molecule has 10 nitrogen and oxygen atoms in total. The fraction of sp³-hybridized carbons (Fsp3) is 0.531. The van der Waals surface area contributed by atoms with E-state index < -0.39 is 6.04 Å². The third-order valence-electron chi connectivity index (χ3n) is 7.54. The molecule has 42 heavy (non-hydrogen) atoms. The van der Waals surface area contributed by atoms with Crippen LogP contribution in [0.5, 0.6) is 17.2 Å². The van der Waals surface area contributed by atoms with Crippen LogP contribution < -0.4 is 14.2 Å². The summed E-state index contributed by atoms with van der Waals surface area (Å²) in [5.74, 6) is 1.74. The second-order valence-electron chi connectivity index (χ2n) is 11.8. The van der Waals surface area contributed by atoms with Crippen LogP contribution in [-0.2, 0) is 14.3 Å². The second kappa shape index (κ2) is 14.0. The molecule has 2 aliphatic heterocycles. The first-order valence-corrected chi connectivity index (χ1v) is 14.5. The predicted octanol–water partition coefficient (Wildman–Crippen LogP) is 3.99. The van der Waals surface area contributed by atoms with Crippen molar-refractivity contribution in [1.82, 2.24) is 14.8 Å². The van der Waals surface area contributed by atoms with E-state index in [0.717, 1.165) is 35.7 Å². The summed E-state index contributed by atoms with van der Waals surface area (Å²) in [6.45, 7) is 10.1. The number of morpholine rings is 1. The molecule has 4 rings (SSSR count). The summed E-state index contributed by atoms with van der Waals surface area (Å²) in [5, 5.41) is 6.35. The lowest BCUT2D eigenvalue weighted by atomic mass is 9.91. The van der Waals surface area contributed by atoms with Gasteiger partial charge in [0.05, 0.1) is 46.3 Å². The second-order valence-corrected chi connectivity index (χ2v) is 11.8. The van der Waals surface area contributed by atoms with Crippen molar-refractivity contribution >= 4 is 17.5 Å². The van der Waals surface area contributed by atoms with E-state index in [-0.39, 0.29) is 23.8 Å². The lowest BCUT2D eigenvalue weighted by molar-refractivity contribution is -0.142. The maximum absolute atomic E-state index is 14.1. The van der Waals surface area contributed by atoms with Gasteiger partial charge in [-0.05, 0) is 53.4 Å². The monoisotopic (exact) mass is 580 g/mol. The van der Waals surface area contributed by atoms with Crippen LogP contribution in [-0.4, -0.2) is 99.6 Å². The number of rotatable bonds is 11. The summed E-state index contributed by atoms with van der Waals surface area (Å²) < 4.78 is 22.0. The highest BCUT2D eigenvalue weighted by atomic mass is 16.5. The number of hydrogen-bond acceptors (Lipinski definition) is 8. The zero-order chi connectivity index (χ0) is 30.3. The number of nitrogens with zero attached hydrogens (tertiary/aromatic N) is 4. The first-order valence-electron chi connectivity index (χ1n) is 14.5. The van der Waals surface area contributed by atoms with Crippen LogP contribution in [0.3, 0.4) is 0 Å². The minimum Gasteiger partial charge on any atom is -0.497 e. The Hall–Kier alpha value is -3.63. The van der Waals surface area contributed by atoms with E-state index in [1.54, 1.807) is 26.2 Å². The molecule has 1 fully saturated rings. The maximum Gasteiger partial charge on any atom is 0.262 e. The van der Waals surface area contributed by atoms with Gasteiger partial charge in [0.1, 0.15) is 23.8 Å². The van der Waals surface area contributed by atoms with Gasteiger partial charge in [0.2, 0.25) is 5.91 Å². The van der Waals surface area contributed by atoms with E-state index in [4.69, 9.17) is 24.0 Å². The van der Waals surface area contributed by atoms with Gasteiger partial charge in [0.25, 0.3) is 5.91 Å². The smallest absolute Gasteiger partial charge is 0.262 e. The summed E-state index contributed by atoms with van der Waals surface area (Å²) in [5.41, 5.74) is 2.24. The average molecular weight is 581 g/mol. The zero-order valence-corrected chi connectivity index (χ0v) is 25.7. The fourth-order valence-electron chi connectivity index (χ4n) is 5.22. The van der Waals surface area contributed by atoms with Gasteiger partial charge in [0.15, 0.2) is 0 Å². The van der Waals surface area contributed by atoms with Crippen LogP contribution in [0.1, 0.15) is 50.8 Å². The van der Waals surface area contributed by atoms with Gasteiger partial charge in [-0.1, -0.05) is 20.8 Å². The molecular formula is C32H44N4O6. The van der Waals surface area contributed by atoms with Gasteiger partial charge in [0, 0.05) is 44.6 Å². The molecule has 0 N–H and O–H groups in total. The summed E-state index contributed by atoms with van der Waals surface area (Å²) in [7, 11) is 4.84. The molecule has 0 aliphatic carbocycles. The number of amides is 2. The van der Waals surface area contributed by atoms with Gasteiger partial charge in [-0.2, -0.15) is 5.10 Å². The molecule has 0 radical (unpaired) electrons. The van der Waals surface area contributed by atoms with Gasteiger partial charge < -0.3 is 23.8 Å². The highest BCUT2D eigenvalue weighted by Crippen LogP contribution is 2.39. The molecule has 2 aromatic carbocycles. The molecule has 1 atom stereocenters. The van der Waals surface area contributed by atoms with Crippen molar-refractivity contribution in [3.05, 3.63) is 53.6 Å². The van der Waals surface area contributed by atoms with Gasteiger partial charge in [-0.15, -0.1) is 0 Å². The highest BCUT2D eigenvalue weighted by Gasteiger charge is 2.36. The Morgan fingerprint density at radius 1 is 0.976 bits per heavy atom. The maximum atomic E-state index is 14.1. The number of benzene rings is 2. The van der Waals surface area contributed by atoms with Gasteiger partial charge in [-0.25, -0.2) is 5.01 Å². The largest absolute Gasteiger partial charge is 0.497 e. The lowest BCUT2D eigenvalue weighted by Crippen LogP contribution is -2.47. The number of methoxy groups -OCH3 is 3. The van der Waals surface area contributed by atoms with Crippen molar-refractivity contribution in [2.45, 2.75) is 39.7 Å². The molecule has 2 aromatic rings. The molecule has 228 valence electrons. The first-order chi connectivity index (χ1) is 20.1. The Kier molecular flexibility index (Phi) is 10.5.